The lowest BCUT2D eigenvalue weighted by Crippen LogP contribution is -2.37. The van der Waals surface area contributed by atoms with Gasteiger partial charge in [0.25, 0.3) is 11.8 Å². The molecule has 0 saturated carbocycles. The SMILES string of the molecule is CCCN(CCC)C(=O)c1cccc(C(=O)NCC(C)NC)c1.Cl. The highest BCUT2D eigenvalue weighted by Gasteiger charge is 2.16. The van der Waals surface area contributed by atoms with Crippen molar-refractivity contribution in [1.29, 1.82) is 0 Å². The van der Waals surface area contributed by atoms with Gasteiger partial charge in [-0.15, -0.1) is 12.4 Å². The minimum atomic E-state index is -0.153. The Hall–Kier alpha value is -1.59. The van der Waals surface area contributed by atoms with Crippen LogP contribution in [0.5, 0.6) is 0 Å². The first-order chi connectivity index (χ1) is 11.0. The Morgan fingerprint density at radius 2 is 1.71 bits per heavy atom. The summed E-state index contributed by atoms with van der Waals surface area (Å²) in [5.41, 5.74) is 1.09. The van der Waals surface area contributed by atoms with E-state index in [9.17, 15) is 9.59 Å². The molecule has 0 aliphatic rings. The molecule has 0 heterocycles. The number of carbonyl (C=O) groups excluding carboxylic acids is 2. The summed E-state index contributed by atoms with van der Waals surface area (Å²) in [5, 5.41) is 5.94. The predicted octanol–water partition coefficient (Wildman–Crippen LogP) is 2.71. The first kappa shape index (κ1) is 22.4. The van der Waals surface area contributed by atoms with Gasteiger partial charge >= 0.3 is 0 Å². The van der Waals surface area contributed by atoms with Gasteiger partial charge in [-0.05, 0) is 45.0 Å². The minimum absolute atomic E-state index is 0. The van der Waals surface area contributed by atoms with Crippen molar-refractivity contribution in [2.75, 3.05) is 26.7 Å². The Morgan fingerprint density at radius 3 is 2.25 bits per heavy atom. The van der Waals surface area contributed by atoms with Gasteiger partial charge in [0.2, 0.25) is 0 Å². The smallest absolute Gasteiger partial charge is 0.253 e. The molecule has 1 rings (SSSR count). The monoisotopic (exact) mass is 355 g/mol. The number of benzene rings is 1. The molecule has 6 heteroatoms. The van der Waals surface area contributed by atoms with E-state index in [0.29, 0.717) is 17.7 Å². The summed E-state index contributed by atoms with van der Waals surface area (Å²) in [4.78, 5) is 26.6. The third-order valence-electron chi connectivity index (χ3n) is 3.71. The largest absolute Gasteiger partial charge is 0.350 e. The van der Waals surface area contributed by atoms with Gasteiger partial charge in [-0.3, -0.25) is 9.59 Å². The van der Waals surface area contributed by atoms with E-state index in [4.69, 9.17) is 0 Å². The third-order valence-corrected chi connectivity index (χ3v) is 3.71. The average molecular weight is 356 g/mol. The van der Waals surface area contributed by atoms with Crippen LogP contribution in [0, 0.1) is 0 Å². The van der Waals surface area contributed by atoms with Crippen LogP contribution in [0.2, 0.25) is 0 Å². The maximum atomic E-state index is 12.6. The van der Waals surface area contributed by atoms with Crippen LogP contribution in [-0.4, -0.2) is 49.4 Å². The molecule has 0 spiro atoms. The molecule has 1 unspecified atom stereocenters. The molecule has 2 amide bonds. The highest BCUT2D eigenvalue weighted by molar-refractivity contribution is 5.99. The summed E-state index contributed by atoms with van der Waals surface area (Å²) in [6.45, 7) is 8.13. The zero-order valence-electron chi connectivity index (χ0n) is 15.1. The summed E-state index contributed by atoms with van der Waals surface area (Å²) in [5.74, 6) is -0.161. The number of carbonyl (C=O) groups is 2. The molecule has 0 bridgehead atoms. The molecule has 0 fully saturated rings. The Labute approximate surface area is 151 Å². The molecule has 0 aliphatic heterocycles. The van der Waals surface area contributed by atoms with E-state index in [-0.39, 0.29) is 30.3 Å². The van der Waals surface area contributed by atoms with Gasteiger partial charge < -0.3 is 15.5 Å². The van der Waals surface area contributed by atoms with Gasteiger partial charge in [0.15, 0.2) is 0 Å². The Kier molecular flexibility index (Phi) is 11.1. The molecule has 1 aromatic carbocycles. The highest BCUT2D eigenvalue weighted by atomic mass is 35.5. The maximum absolute atomic E-state index is 12.6. The van der Waals surface area contributed by atoms with E-state index in [0.717, 1.165) is 25.9 Å². The van der Waals surface area contributed by atoms with Crippen LogP contribution in [0.1, 0.15) is 54.3 Å². The van der Waals surface area contributed by atoms with E-state index in [2.05, 4.69) is 24.5 Å². The lowest BCUT2D eigenvalue weighted by Gasteiger charge is -2.21. The van der Waals surface area contributed by atoms with E-state index in [1.165, 1.54) is 0 Å². The van der Waals surface area contributed by atoms with Gasteiger partial charge in [0, 0.05) is 36.8 Å². The molecule has 0 aliphatic carbocycles. The quantitative estimate of drug-likeness (QED) is 0.716. The molecule has 1 atom stereocenters. The molecule has 136 valence electrons. The highest BCUT2D eigenvalue weighted by Crippen LogP contribution is 2.10. The maximum Gasteiger partial charge on any atom is 0.253 e. The van der Waals surface area contributed by atoms with Gasteiger partial charge in [-0.1, -0.05) is 19.9 Å². The summed E-state index contributed by atoms with van der Waals surface area (Å²) in [6, 6.07) is 7.15. The topological polar surface area (TPSA) is 61.4 Å². The van der Waals surface area contributed by atoms with Crippen LogP contribution in [-0.2, 0) is 0 Å². The predicted molar refractivity (Wildman–Crippen MR) is 101 cm³/mol. The van der Waals surface area contributed by atoms with Crippen molar-refractivity contribution in [2.24, 2.45) is 0 Å². The molecular formula is C18H30ClN3O2. The normalized spacial score (nSPS) is 11.3. The van der Waals surface area contributed by atoms with Crippen molar-refractivity contribution >= 4 is 24.2 Å². The lowest BCUT2D eigenvalue weighted by molar-refractivity contribution is 0.0755. The summed E-state index contributed by atoms with van der Waals surface area (Å²) in [6.07, 6.45) is 1.85. The summed E-state index contributed by atoms with van der Waals surface area (Å²) < 4.78 is 0. The van der Waals surface area contributed by atoms with Crippen LogP contribution in [0.25, 0.3) is 0 Å². The molecule has 0 radical (unpaired) electrons. The number of hydrogen-bond donors (Lipinski definition) is 2. The zero-order chi connectivity index (χ0) is 17.2. The summed E-state index contributed by atoms with van der Waals surface area (Å²) in [7, 11) is 1.85. The van der Waals surface area contributed by atoms with Gasteiger partial charge in [0.05, 0.1) is 0 Å². The third kappa shape index (κ3) is 6.89. The van der Waals surface area contributed by atoms with E-state index < -0.39 is 0 Å². The van der Waals surface area contributed by atoms with Crippen molar-refractivity contribution in [3.05, 3.63) is 35.4 Å². The standard InChI is InChI=1S/C18H29N3O2.ClH/c1-5-10-21(11-6-2)18(23)16-9-7-8-15(12-16)17(22)20-13-14(3)19-4;/h7-9,12,14,19H,5-6,10-11,13H2,1-4H3,(H,20,22);1H. The van der Waals surface area contributed by atoms with Crippen LogP contribution in [0.4, 0.5) is 0 Å². The average Bonchev–Trinajstić information content (AvgIpc) is 2.58. The van der Waals surface area contributed by atoms with E-state index in [1.54, 1.807) is 24.3 Å². The number of rotatable bonds is 9. The molecule has 0 saturated heterocycles. The van der Waals surface area contributed by atoms with Gasteiger partial charge in [-0.25, -0.2) is 0 Å². The number of nitrogens with zero attached hydrogens (tertiary/aromatic N) is 1. The molecule has 1 aromatic rings. The first-order valence-corrected chi connectivity index (χ1v) is 8.38. The van der Waals surface area contributed by atoms with Crippen LogP contribution in [0.3, 0.4) is 0 Å². The second kappa shape index (κ2) is 11.9. The fourth-order valence-corrected chi connectivity index (χ4v) is 2.28. The first-order valence-electron chi connectivity index (χ1n) is 8.38. The minimum Gasteiger partial charge on any atom is -0.350 e. The van der Waals surface area contributed by atoms with Crippen LogP contribution in [0.15, 0.2) is 24.3 Å². The Bertz CT molecular complexity index is 517. The lowest BCUT2D eigenvalue weighted by atomic mass is 10.1. The van der Waals surface area contributed by atoms with Crippen molar-refractivity contribution in [3.63, 3.8) is 0 Å². The number of likely N-dealkylation sites (N-methyl/N-ethyl adjacent to an activating group) is 1. The van der Waals surface area contributed by atoms with Crippen molar-refractivity contribution in [2.45, 2.75) is 39.7 Å². The van der Waals surface area contributed by atoms with Gasteiger partial charge in [-0.2, -0.15) is 0 Å². The molecule has 24 heavy (non-hydrogen) atoms. The zero-order valence-corrected chi connectivity index (χ0v) is 15.9. The van der Waals surface area contributed by atoms with Gasteiger partial charge in [0.1, 0.15) is 0 Å². The fraction of sp³-hybridized carbons (Fsp3) is 0.556. The second-order valence-electron chi connectivity index (χ2n) is 5.77. The van der Waals surface area contributed by atoms with E-state index >= 15 is 0 Å². The fourth-order valence-electron chi connectivity index (χ4n) is 2.28. The Morgan fingerprint density at radius 1 is 1.12 bits per heavy atom. The number of amides is 2. The number of nitrogens with one attached hydrogen (secondary N) is 2. The summed E-state index contributed by atoms with van der Waals surface area (Å²) >= 11 is 0. The van der Waals surface area contributed by atoms with E-state index in [1.807, 2.05) is 18.9 Å². The second-order valence-corrected chi connectivity index (χ2v) is 5.77. The molecule has 0 aromatic heterocycles. The van der Waals surface area contributed by atoms with Crippen molar-refractivity contribution in [3.8, 4) is 0 Å². The number of hydrogen-bond acceptors (Lipinski definition) is 3. The van der Waals surface area contributed by atoms with Crippen LogP contribution >= 0.6 is 12.4 Å². The molecule has 5 nitrogen and oxygen atoms in total. The molecular weight excluding hydrogens is 326 g/mol. The number of halogens is 1. The van der Waals surface area contributed by atoms with Crippen molar-refractivity contribution < 1.29 is 9.59 Å². The van der Waals surface area contributed by atoms with Crippen LogP contribution < -0.4 is 10.6 Å². The van der Waals surface area contributed by atoms with Crippen molar-refractivity contribution in [1.82, 2.24) is 15.5 Å². The Balaban J connectivity index is 0.00000529. The molecule has 2 N–H and O–H groups in total.